The normalized spacial score (nSPS) is 17.5. The molecule has 0 saturated carbocycles. The van der Waals surface area contributed by atoms with Crippen LogP contribution in [0.4, 0.5) is 5.95 Å². The third kappa shape index (κ3) is 2.33. The Morgan fingerprint density at radius 3 is 2.69 bits per heavy atom. The fourth-order valence-electron chi connectivity index (χ4n) is 1.70. The van der Waals surface area contributed by atoms with E-state index in [1.807, 2.05) is 0 Å². The van der Waals surface area contributed by atoms with Crippen LogP contribution in [0.25, 0.3) is 0 Å². The van der Waals surface area contributed by atoms with Crippen LogP contribution in [0.1, 0.15) is 0 Å². The molecule has 1 saturated heterocycles. The first-order valence-electron chi connectivity index (χ1n) is 5.28. The number of nitrogens with one attached hydrogen (secondary N) is 1. The number of hydrogen-bond acceptors (Lipinski definition) is 5. The first-order valence-corrected chi connectivity index (χ1v) is 5.28. The molecule has 0 aliphatic carbocycles. The van der Waals surface area contributed by atoms with Crippen molar-refractivity contribution in [1.82, 2.24) is 14.9 Å². The van der Waals surface area contributed by atoms with Crippen molar-refractivity contribution in [3.63, 3.8) is 0 Å². The van der Waals surface area contributed by atoms with Gasteiger partial charge in [0.25, 0.3) is 5.56 Å². The topological polar surface area (TPSA) is 61.5 Å². The van der Waals surface area contributed by atoms with Gasteiger partial charge in [0, 0.05) is 26.2 Å². The Hall–Kier alpha value is -1.56. The summed E-state index contributed by atoms with van der Waals surface area (Å²) in [7, 11) is 3.59. The van der Waals surface area contributed by atoms with Crippen molar-refractivity contribution in [2.45, 2.75) is 0 Å². The summed E-state index contributed by atoms with van der Waals surface area (Å²) in [6.07, 6.45) is 0. The van der Waals surface area contributed by atoms with Gasteiger partial charge in [-0.05, 0) is 7.05 Å². The largest absolute Gasteiger partial charge is 0.481 e. The maximum absolute atomic E-state index is 11.4. The number of ether oxygens (including phenoxy) is 1. The number of H-pyrrole nitrogens is 1. The predicted octanol–water partition coefficient (Wildman–Crippen LogP) is -0.470. The number of nitrogens with zero attached hydrogens (tertiary/aromatic N) is 3. The fourth-order valence-corrected chi connectivity index (χ4v) is 1.70. The van der Waals surface area contributed by atoms with Crippen molar-refractivity contribution in [1.29, 1.82) is 0 Å². The maximum atomic E-state index is 11.4. The summed E-state index contributed by atoms with van der Waals surface area (Å²) in [5.74, 6) is 0.954. The monoisotopic (exact) mass is 224 g/mol. The van der Waals surface area contributed by atoms with E-state index in [0.717, 1.165) is 26.2 Å². The van der Waals surface area contributed by atoms with Crippen LogP contribution in [0.2, 0.25) is 0 Å². The highest BCUT2D eigenvalue weighted by Gasteiger charge is 2.16. The molecule has 1 aromatic rings. The van der Waals surface area contributed by atoms with Gasteiger partial charge in [-0.3, -0.25) is 9.78 Å². The van der Waals surface area contributed by atoms with Gasteiger partial charge in [0.1, 0.15) is 0 Å². The Kier molecular flexibility index (Phi) is 3.09. The lowest BCUT2D eigenvalue weighted by atomic mass is 10.3. The molecule has 0 bridgehead atoms. The van der Waals surface area contributed by atoms with E-state index < -0.39 is 0 Å². The number of aromatic amines is 1. The second-order valence-corrected chi connectivity index (χ2v) is 3.90. The average molecular weight is 224 g/mol. The van der Waals surface area contributed by atoms with E-state index in [-0.39, 0.29) is 5.56 Å². The van der Waals surface area contributed by atoms with Gasteiger partial charge in [-0.1, -0.05) is 0 Å². The molecule has 0 amide bonds. The standard InChI is InChI=1S/C10H16N4O2/c1-13-3-5-14(6-4-13)10-11-8(15)7-9(12-10)16-2/h7H,3-6H2,1-2H3,(H,11,12,15). The molecule has 6 heteroatoms. The first kappa shape index (κ1) is 10.9. The Bertz CT molecular complexity index is 410. The van der Waals surface area contributed by atoms with Crippen LogP contribution in [0.15, 0.2) is 10.9 Å². The van der Waals surface area contributed by atoms with Gasteiger partial charge >= 0.3 is 0 Å². The van der Waals surface area contributed by atoms with E-state index in [2.05, 4.69) is 26.8 Å². The summed E-state index contributed by atoms with van der Waals surface area (Å²) in [5, 5.41) is 0. The highest BCUT2D eigenvalue weighted by Crippen LogP contribution is 2.11. The van der Waals surface area contributed by atoms with Gasteiger partial charge in [0.2, 0.25) is 11.8 Å². The molecule has 0 spiro atoms. The minimum absolute atomic E-state index is 0.180. The summed E-state index contributed by atoms with van der Waals surface area (Å²) in [4.78, 5) is 22.6. The van der Waals surface area contributed by atoms with E-state index in [1.54, 1.807) is 0 Å². The minimum Gasteiger partial charge on any atom is -0.481 e. The van der Waals surface area contributed by atoms with Crippen LogP contribution in [-0.4, -0.2) is 55.2 Å². The molecule has 1 fully saturated rings. The van der Waals surface area contributed by atoms with Crippen molar-refractivity contribution in [2.24, 2.45) is 0 Å². The van der Waals surface area contributed by atoms with Crippen LogP contribution >= 0.6 is 0 Å². The van der Waals surface area contributed by atoms with E-state index in [4.69, 9.17) is 4.74 Å². The highest BCUT2D eigenvalue weighted by atomic mass is 16.5. The van der Waals surface area contributed by atoms with Crippen molar-refractivity contribution < 1.29 is 4.74 Å². The molecule has 2 heterocycles. The molecule has 2 rings (SSSR count). The molecule has 6 nitrogen and oxygen atoms in total. The lowest BCUT2D eigenvalue weighted by Gasteiger charge is -2.32. The second-order valence-electron chi connectivity index (χ2n) is 3.90. The summed E-state index contributed by atoms with van der Waals surface area (Å²) in [5.41, 5.74) is -0.180. The number of anilines is 1. The number of aromatic nitrogens is 2. The van der Waals surface area contributed by atoms with Crippen molar-refractivity contribution in [3.05, 3.63) is 16.4 Å². The summed E-state index contributed by atoms with van der Waals surface area (Å²) in [6, 6.07) is 1.35. The summed E-state index contributed by atoms with van der Waals surface area (Å²) < 4.78 is 4.98. The maximum Gasteiger partial charge on any atom is 0.256 e. The molecule has 0 aromatic carbocycles. The molecular formula is C10H16N4O2. The minimum atomic E-state index is -0.180. The summed E-state index contributed by atoms with van der Waals surface area (Å²) in [6.45, 7) is 3.68. The van der Waals surface area contributed by atoms with Crippen LogP contribution < -0.4 is 15.2 Å². The molecule has 0 unspecified atom stereocenters. The van der Waals surface area contributed by atoms with E-state index >= 15 is 0 Å². The average Bonchev–Trinajstić information content (AvgIpc) is 2.29. The molecule has 1 aliphatic rings. The molecule has 16 heavy (non-hydrogen) atoms. The van der Waals surface area contributed by atoms with Gasteiger partial charge in [-0.25, -0.2) is 0 Å². The van der Waals surface area contributed by atoms with E-state index in [1.165, 1.54) is 13.2 Å². The number of rotatable bonds is 2. The van der Waals surface area contributed by atoms with E-state index in [0.29, 0.717) is 11.8 Å². The van der Waals surface area contributed by atoms with Gasteiger partial charge in [0.05, 0.1) is 13.2 Å². The zero-order chi connectivity index (χ0) is 11.5. The third-order valence-electron chi connectivity index (χ3n) is 2.72. The van der Waals surface area contributed by atoms with Crippen molar-refractivity contribution >= 4 is 5.95 Å². The van der Waals surface area contributed by atoms with Crippen LogP contribution in [-0.2, 0) is 0 Å². The van der Waals surface area contributed by atoms with Gasteiger partial charge < -0.3 is 14.5 Å². The van der Waals surface area contributed by atoms with Crippen molar-refractivity contribution in [2.75, 3.05) is 45.2 Å². The van der Waals surface area contributed by atoms with Crippen LogP contribution in [0, 0.1) is 0 Å². The van der Waals surface area contributed by atoms with Gasteiger partial charge in [-0.15, -0.1) is 0 Å². The Balaban J connectivity index is 2.20. The SMILES string of the molecule is COc1cc(=O)[nH]c(N2CCN(C)CC2)n1. The third-order valence-corrected chi connectivity index (χ3v) is 2.72. The highest BCUT2D eigenvalue weighted by molar-refractivity contribution is 5.32. The summed E-state index contributed by atoms with van der Waals surface area (Å²) >= 11 is 0. The Morgan fingerprint density at radius 1 is 1.38 bits per heavy atom. The molecule has 1 aromatic heterocycles. The van der Waals surface area contributed by atoms with Gasteiger partial charge in [-0.2, -0.15) is 4.98 Å². The lowest BCUT2D eigenvalue weighted by molar-refractivity contribution is 0.310. The molecule has 1 N–H and O–H groups in total. The van der Waals surface area contributed by atoms with Crippen LogP contribution in [0.5, 0.6) is 5.88 Å². The number of likely N-dealkylation sites (N-methyl/N-ethyl adjacent to an activating group) is 1. The molecule has 0 atom stereocenters. The lowest BCUT2D eigenvalue weighted by Crippen LogP contribution is -2.45. The first-order chi connectivity index (χ1) is 7.69. The van der Waals surface area contributed by atoms with Crippen LogP contribution in [0.3, 0.4) is 0 Å². The number of methoxy groups -OCH3 is 1. The smallest absolute Gasteiger partial charge is 0.256 e. The number of hydrogen-bond donors (Lipinski definition) is 1. The Morgan fingerprint density at radius 2 is 2.06 bits per heavy atom. The number of piperazine rings is 1. The molecule has 1 aliphatic heterocycles. The van der Waals surface area contributed by atoms with E-state index in [9.17, 15) is 4.79 Å². The van der Waals surface area contributed by atoms with Crippen molar-refractivity contribution in [3.8, 4) is 5.88 Å². The van der Waals surface area contributed by atoms with Gasteiger partial charge in [0.15, 0.2) is 0 Å². The molecular weight excluding hydrogens is 208 g/mol. The zero-order valence-electron chi connectivity index (χ0n) is 9.56. The predicted molar refractivity (Wildman–Crippen MR) is 61.1 cm³/mol. The molecule has 88 valence electrons. The fraction of sp³-hybridized carbons (Fsp3) is 0.600. The quantitative estimate of drug-likeness (QED) is 0.736. The second kappa shape index (κ2) is 4.52. The molecule has 0 radical (unpaired) electrons. The zero-order valence-corrected chi connectivity index (χ0v) is 9.56. The Labute approximate surface area is 93.8 Å².